The van der Waals surface area contributed by atoms with Gasteiger partial charge in [0.15, 0.2) is 5.82 Å². The summed E-state index contributed by atoms with van der Waals surface area (Å²) in [5.74, 6) is 7.09. The molecule has 1 aliphatic rings. The number of rotatable bonds is 3. The van der Waals surface area contributed by atoms with Crippen molar-refractivity contribution in [1.82, 2.24) is 9.97 Å². The first kappa shape index (κ1) is 12.7. The summed E-state index contributed by atoms with van der Waals surface area (Å²) in [5.41, 5.74) is 4.28. The highest BCUT2D eigenvalue weighted by Crippen LogP contribution is 2.41. The number of halogens is 2. The van der Waals surface area contributed by atoms with Gasteiger partial charge in [0, 0.05) is 23.2 Å². The first-order chi connectivity index (χ1) is 9.19. The number of nitrogen functional groups attached to an aromatic ring is 1. The zero-order valence-electron chi connectivity index (χ0n) is 10.0. The molecule has 1 heterocycles. The van der Waals surface area contributed by atoms with E-state index in [4.69, 9.17) is 29.0 Å². The second-order valence-corrected chi connectivity index (χ2v) is 5.31. The standard InChI is InChI=1S/C13H12Cl2N4/c14-9-3-1-2-8(12(9)15)13-17-10(7-4-5-7)6-11(18-13)19-16/h1-3,6-7H,4-5,16H2,(H,17,18,19). The predicted octanol–water partition coefficient (Wildman–Crippen LogP) is 3.61. The van der Waals surface area contributed by atoms with E-state index in [9.17, 15) is 0 Å². The highest BCUT2D eigenvalue weighted by Gasteiger charge is 2.26. The van der Waals surface area contributed by atoms with E-state index in [0.717, 1.165) is 18.5 Å². The molecule has 2 aromatic rings. The molecule has 98 valence electrons. The zero-order valence-corrected chi connectivity index (χ0v) is 11.5. The zero-order chi connectivity index (χ0) is 13.4. The summed E-state index contributed by atoms with van der Waals surface area (Å²) in [6.07, 6.45) is 2.31. The summed E-state index contributed by atoms with van der Waals surface area (Å²) in [7, 11) is 0. The predicted molar refractivity (Wildman–Crippen MR) is 77.3 cm³/mol. The van der Waals surface area contributed by atoms with E-state index in [-0.39, 0.29) is 0 Å². The Morgan fingerprint density at radius 3 is 2.68 bits per heavy atom. The van der Waals surface area contributed by atoms with Crippen LogP contribution in [-0.4, -0.2) is 9.97 Å². The topological polar surface area (TPSA) is 63.8 Å². The number of aromatic nitrogens is 2. The van der Waals surface area contributed by atoms with Crippen molar-refractivity contribution in [1.29, 1.82) is 0 Å². The molecule has 4 nitrogen and oxygen atoms in total. The van der Waals surface area contributed by atoms with Crippen LogP contribution in [0.4, 0.5) is 5.82 Å². The van der Waals surface area contributed by atoms with Gasteiger partial charge in [0.2, 0.25) is 0 Å². The maximum absolute atomic E-state index is 6.21. The normalized spacial score (nSPS) is 14.5. The van der Waals surface area contributed by atoms with E-state index in [2.05, 4.69) is 15.4 Å². The molecule has 1 aromatic heterocycles. The van der Waals surface area contributed by atoms with Crippen LogP contribution >= 0.6 is 23.2 Å². The summed E-state index contributed by atoms with van der Waals surface area (Å²) in [6.45, 7) is 0. The van der Waals surface area contributed by atoms with Crippen LogP contribution in [0.1, 0.15) is 24.5 Å². The van der Waals surface area contributed by atoms with Crippen molar-refractivity contribution in [3.63, 3.8) is 0 Å². The van der Waals surface area contributed by atoms with Crippen LogP contribution in [0, 0.1) is 0 Å². The maximum atomic E-state index is 6.21. The van der Waals surface area contributed by atoms with Crippen LogP contribution in [0.15, 0.2) is 24.3 Å². The van der Waals surface area contributed by atoms with Gasteiger partial charge in [-0.2, -0.15) is 0 Å². The van der Waals surface area contributed by atoms with Crippen molar-refractivity contribution >= 4 is 29.0 Å². The summed E-state index contributed by atoms with van der Waals surface area (Å²) in [6, 6.07) is 7.28. The van der Waals surface area contributed by atoms with Crippen LogP contribution in [0.3, 0.4) is 0 Å². The number of nitrogens with two attached hydrogens (primary N) is 1. The molecule has 1 aliphatic carbocycles. The molecule has 0 radical (unpaired) electrons. The minimum Gasteiger partial charge on any atom is -0.308 e. The van der Waals surface area contributed by atoms with Gasteiger partial charge in [-0.1, -0.05) is 29.3 Å². The highest BCUT2D eigenvalue weighted by molar-refractivity contribution is 6.43. The number of hydrazine groups is 1. The Morgan fingerprint density at radius 1 is 1.21 bits per heavy atom. The van der Waals surface area contributed by atoms with Crippen LogP contribution in [0.5, 0.6) is 0 Å². The molecule has 1 fully saturated rings. The first-order valence-electron chi connectivity index (χ1n) is 5.99. The minimum absolute atomic E-state index is 0.458. The number of nitrogens with zero attached hydrogens (tertiary/aromatic N) is 2. The van der Waals surface area contributed by atoms with Gasteiger partial charge < -0.3 is 5.43 Å². The van der Waals surface area contributed by atoms with E-state index >= 15 is 0 Å². The van der Waals surface area contributed by atoms with Gasteiger partial charge in [-0.3, -0.25) is 0 Å². The van der Waals surface area contributed by atoms with Gasteiger partial charge >= 0.3 is 0 Å². The van der Waals surface area contributed by atoms with Crippen molar-refractivity contribution < 1.29 is 0 Å². The van der Waals surface area contributed by atoms with Crippen LogP contribution in [0.2, 0.25) is 10.0 Å². The molecule has 3 N–H and O–H groups in total. The third kappa shape index (κ3) is 2.52. The van der Waals surface area contributed by atoms with Crippen LogP contribution in [0.25, 0.3) is 11.4 Å². The van der Waals surface area contributed by atoms with Crippen molar-refractivity contribution in [2.24, 2.45) is 5.84 Å². The second kappa shape index (κ2) is 4.96. The number of hydrogen-bond donors (Lipinski definition) is 2. The Labute approximate surface area is 120 Å². The molecule has 19 heavy (non-hydrogen) atoms. The fourth-order valence-corrected chi connectivity index (χ4v) is 2.31. The van der Waals surface area contributed by atoms with Crippen molar-refractivity contribution in [3.05, 3.63) is 40.0 Å². The van der Waals surface area contributed by atoms with E-state index in [1.165, 1.54) is 0 Å². The van der Waals surface area contributed by atoms with E-state index in [1.807, 2.05) is 18.2 Å². The Balaban J connectivity index is 2.13. The lowest BCUT2D eigenvalue weighted by molar-refractivity contribution is 0.991. The van der Waals surface area contributed by atoms with Gasteiger partial charge in [0.05, 0.1) is 10.0 Å². The van der Waals surface area contributed by atoms with Gasteiger partial charge in [-0.15, -0.1) is 0 Å². The fourth-order valence-electron chi connectivity index (χ4n) is 1.93. The van der Waals surface area contributed by atoms with Crippen LogP contribution < -0.4 is 11.3 Å². The first-order valence-corrected chi connectivity index (χ1v) is 6.74. The molecule has 0 bridgehead atoms. The number of nitrogens with one attached hydrogen (secondary N) is 1. The molecule has 0 unspecified atom stereocenters. The lowest BCUT2D eigenvalue weighted by atomic mass is 10.2. The summed E-state index contributed by atoms with van der Waals surface area (Å²) in [4.78, 5) is 8.91. The van der Waals surface area contributed by atoms with E-state index in [0.29, 0.717) is 33.2 Å². The molecule has 6 heteroatoms. The molecule has 0 atom stereocenters. The summed E-state index contributed by atoms with van der Waals surface area (Å²) < 4.78 is 0. The molecule has 0 aliphatic heterocycles. The molecule has 1 aromatic carbocycles. The van der Waals surface area contributed by atoms with Crippen molar-refractivity contribution in [2.75, 3.05) is 5.43 Å². The van der Waals surface area contributed by atoms with Crippen molar-refractivity contribution in [3.8, 4) is 11.4 Å². The quantitative estimate of drug-likeness (QED) is 0.670. The fraction of sp³-hybridized carbons (Fsp3) is 0.231. The molecule has 1 saturated carbocycles. The minimum atomic E-state index is 0.458. The third-order valence-corrected chi connectivity index (χ3v) is 3.90. The second-order valence-electron chi connectivity index (χ2n) is 4.52. The number of hydrogen-bond acceptors (Lipinski definition) is 4. The van der Waals surface area contributed by atoms with Crippen LogP contribution in [-0.2, 0) is 0 Å². The highest BCUT2D eigenvalue weighted by atomic mass is 35.5. The van der Waals surface area contributed by atoms with Gasteiger partial charge in [0.1, 0.15) is 5.82 Å². The SMILES string of the molecule is NNc1cc(C2CC2)nc(-c2cccc(Cl)c2Cl)n1. The van der Waals surface area contributed by atoms with Gasteiger partial charge in [-0.05, 0) is 25.0 Å². The van der Waals surface area contributed by atoms with Gasteiger partial charge in [-0.25, -0.2) is 15.8 Å². The molecular formula is C13H12Cl2N4. The van der Waals surface area contributed by atoms with Gasteiger partial charge in [0.25, 0.3) is 0 Å². The molecule has 0 amide bonds. The third-order valence-electron chi connectivity index (χ3n) is 3.08. The Bertz CT molecular complexity index is 626. The Kier molecular flexibility index (Phi) is 3.31. The molecule has 3 rings (SSSR count). The maximum Gasteiger partial charge on any atom is 0.163 e. The molecule has 0 spiro atoms. The monoisotopic (exact) mass is 294 g/mol. The largest absolute Gasteiger partial charge is 0.308 e. The van der Waals surface area contributed by atoms with E-state index in [1.54, 1.807) is 6.07 Å². The Morgan fingerprint density at radius 2 is 2.00 bits per heavy atom. The summed E-state index contributed by atoms with van der Waals surface area (Å²) >= 11 is 12.2. The Hall–Kier alpha value is -1.36. The lowest BCUT2D eigenvalue weighted by Gasteiger charge is -2.09. The average Bonchev–Trinajstić information content (AvgIpc) is 3.26. The molecular weight excluding hydrogens is 283 g/mol. The number of benzene rings is 1. The average molecular weight is 295 g/mol. The summed E-state index contributed by atoms with van der Waals surface area (Å²) in [5, 5.41) is 0.946. The molecule has 0 saturated heterocycles. The van der Waals surface area contributed by atoms with E-state index < -0.39 is 0 Å². The number of anilines is 1. The lowest BCUT2D eigenvalue weighted by Crippen LogP contribution is -2.10. The van der Waals surface area contributed by atoms with Crippen molar-refractivity contribution in [2.45, 2.75) is 18.8 Å². The smallest absolute Gasteiger partial charge is 0.163 e.